The molecule has 0 saturated heterocycles. The van der Waals surface area contributed by atoms with E-state index >= 15 is 0 Å². The molecule has 0 radical (unpaired) electrons. The fourth-order valence-electron chi connectivity index (χ4n) is 3.40. The molecule has 0 spiro atoms. The van der Waals surface area contributed by atoms with E-state index in [9.17, 15) is 13.2 Å². The topological polar surface area (TPSA) is 97.2 Å². The molecule has 0 aliphatic heterocycles. The Morgan fingerprint density at radius 1 is 1.29 bits per heavy atom. The van der Waals surface area contributed by atoms with Gasteiger partial charge >= 0.3 is 0 Å². The average Bonchev–Trinajstić information content (AvgIpc) is 3.33. The summed E-state index contributed by atoms with van der Waals surface area (Å²) in [5, 5.41) is 8.16. The SMILES string of the molecule is CCN(CC)C(=O)c1cn(C2CCC(NS(=O)(=O)c3ccc(Cl)s3)CC2)nn1. The first kappa shape index (κ1) is 21.2. The Kier molecular flexibility index (Phi) is 6.74. The molecule has 3 rings (SSSR count). The maximum atomic E-state index is 12.4. The van der Waals surface area contributed by atoms with Crippen LogP contribution in [0, 0.1) is 0 Å². The quantitative estimate of drug-likeness (QED) is 0.706. The summed E-state index contributed by atoms with van der Waals surface area (Å²) >= 11 is 6.89. The molecule has 2 heterocycles. The highest BCUT2D eigenvalue weighted by atomic mass is 35.5. The van der Waals surface area contributed by atoms with Gasteiger partial charge in [-0.25, -0.2) is 17.8 Å². The lowest BCUT2D eigenvalue weighted by Gasteiger charge is -2.28. The number of hydrogen-bond acceptors (Lipinski definition) is 6. The monoisotopic (exact) mass is 445 g/mol. The molecule has 1 fully saturated rings. The molecule has 8 nitrogen and oxygen atoms in total. The summed E-state index contributed by atoms with van der Waals surface area (Å²) in [6.45, 7) is 5.11. The number of rotatable bonds is 7. The first-order chi connectivity index (χ1) is 13.3. The fourth-order valence-corrected chi connectivity index (χ4v) is 6.21. The van der Waals surface area contributed by atoms with Gasteiger partial charge in [-0.05, 0) is 51.7 Å². The van der Waals surface area contributed by atoms with E-state index in [-0.39, 0.29) is 22.2 Å². The van der Waals surface area contributed by atoms with Gasteiger partial charge in [-0.3, -0.25) is 4.79 Å². The predicted molar refractivity (Wildman–Crippen MR) is 108 cm³/mol. The summed E-state index contributed by atoms with van der Waals surface area (Å²) in [5.41, 5.74) is 0.348. The first-order valence-electron chi connectivity index (χ1n) is 9.32. The molecule has 2 aromatic heterocycles. The number of sulfonamides is 1. The highest BCUT2D eigenvalue weighted by Gasteiger charge is 2.28. The number of halogens is 1. The first-order valence-corrected chi connectivity index (χ1v) is 12.0. The standard InChI is InChI=1S/C17H24ClN5O3S2/c1-3-22(4-2)17(24)14-11-23(21-19-14)13-7-5-12(6-8-13)20-28(25,26)16-10-9-15(18)27-16/h9-13,20H,3-8H2,1-2H3. The van der Waals surface area contributed by atoms with Crippen molar-refractivity contribution in [3.63, 3.8) is 0 Å². The van der Waals surface area contributed by atoms with E-state index < -0.39 is 10.0 Å². The number of amides is 1. The third-order valence-electron chi connectivity index (χ3n) is 4.99. The Hall–Kier alpha value is -1.49. The van der Waals surface area contributed by atoms with Gasteiger partial charge in [-0.1, -0.05) is 16.8 Å². The zero-order valence-electron chi connectivity index (χ0n) is 15.8. The van der Waals surface area contributed by atoms with Crippen molar-refractivity contribution in [3.8, 4) is 0 Å². The van der Waals surface area contributed by atoms with E-state index in [1.807, 2.05) is 13.8 Å². The van der Waals surface area contributed by atoms with Gasteiger partial charge in [0, 0.05) is 19.1 Å². The van der Waals surface area contributed by atoms with Crippen molar-refractivity contribution >= 4 is 38.9 Å². The van der Waals surface area contributed by atoms with E-state index in [1.54, 1.807) is 21.8 Å². The van der Waals surface area contributed by atoms with E-state index in [0.29, 0.717) is 36.0 Å². The Morgan fingerprint density at radius 2 is 1.96 bits per heavy atom. The Balaban J connectivity index is 1.58. The number of hydrogen-bond donors (Lipinski definition) is 1. The smallest absolute Gasteiger partial charge is 0.276 e. The van der Waals surface area contributed by atoms with E-state index in [1.165, 1.54) is 6.07 Å². The highest BCUT2D eigenvalue weighted by molar-refractivity contribution is 7.91. The van der Waals surface area contributed by atoms with Crippen LogP contribution >= 0.6 is 22.9 Å². The van der Waals surface area contributed by atoms with E-state index in [0.717, 1.165) is 24.2 Å². The van der Waals surface area contributed by atoms with Gasteiger partial charge in [-0.2, -0.15) is 0 Å². The van der Waals surface area contributed by atoms with Crippen molar-refractivity contribution in [2.45, 2.75) is 55.8 Å². The third kappa shape index (κ3) is 4.73. The van der Waals surface area contributed by atoms with Gasteiger partial charge in [0.05, 0.1) is 16.6 Å². The lowest BCUT2D eigenvalue weighted by atomic mass is 9.92. The zero-order valence-corrected chi connectivity index (χ0v) is 18.2. The molecular formula is C17H24ClN5O3S2. The van der Waals surface area contributed by atoms with Crippen LogP contribution in [-0.4, -0.2) is 53.4 Å². The number of thiophene rings is 1. The molecule has 28 heavy (non-hydrogen) atoms. The van der Waals surface area contributed by atoms with Crippen LogP contribution in [0.1, 0.15) is 56.1 Å². The van der Waals surface area contributed by atoms with Gasteiger partial charge < -0.3 is 4.90 Å². The molecule has 0 bridgehead atoms. The summed E-state index contributed by atoms with van der Waals surface area (Å²) in [6, 6.07) is 3.09. The molecule has 0 unspecified atom stereocenters. The molecule has 1 N–H and O–H groups in total. The van der Waals surface area contributed by atoms with Gasteiger partial charge in [0.25, 0.3) is 5.91 Å². The van der Waals surface area contributed by atoms with Gasteiger partial charge in [0.2, 0.25) is 10.0 Å². The third-order valence-corrected chi connectivity index (χ3v) is 8.23. The summed E-state index contributed by atoms with van der Waals surface area (Å²) in [7, 11) is -3.54. The fraction of sp³-hybridized carbons (Fsp3) is 0.588. The second kappa shape index (κ2) is 8.89. The van der Waals surface area contributed by atoms with Crippen LogP contribution in [0.4, 0.5) is 0 Å². The number of carbonyl (C=O) groups excluding carboxylic acids is 1. The minimum absolute atomic E-state index is 0.114. The van der Waals surface area contributed by atoms with Crippen LogP contribution in [0.3, 0.4) is 0 Å². The second-order valence-corrected chi connectivity index (χ2v) is 10.4. The Labute approximate surface area is 173 Å². The molecule has 11 heteroatoms. The maximum absolute atomic E-state index is 12.4. The molecule has 1 aliphatic carbocycles. The minimum Gasteiger partial charge on any atom is -0.338 e. The number of aromatic nitrogens is 3. The highest BCUT2D eigenvalue weighted by Crippen LogP contribution is 2.30. The molecule has 0 aromatic carbocycles. The summed E-state index contributed by atoms with van der Waals surface area (Å²) in [4.78, 5) is 14.1. The van der Waals surface area contributed by atoms with Crippen LogP contribution in [0.15, 0.2) is 22.5 Å². The second-order valence-electron chi connectivity index (χ2n) is 6.75. The summed E-state index contributed by atoms with van der Waals surface area (Å²) in [5.74, 6) is -0.118. The normalized spacial score (nSPS) is 20.2. The lowest BCUT2D eigenvalue weighted by Crippen LogP contribution is -2.37. The van der Waals surface area contributed by atoms with Crippen LogP contribution in [-0.2, 0) is 10.0 Å². The number of nitrogens with one attached hydrogen (secondary N) is 1. The van der Waals surface area contributed by atoms with Crippen molar-refractivity contribution < 1.29 is 13.2 Å². The molecular weight excluding hydrogens is 422 g/mol. The summed E-state index contributed by atoms with van der Waals surface area (Å²) in [6.07, 6.45) is 4.62. The Morgan fingerprint density at radius 3 is 2.54 bits per heavy atom. The maximum Gasteiger partial charge on any atom is 0.276 e. The van der Waals surface area contributed by atoms with Gasteiger partial charge in [0.15, 0.2) is 5.69 Å². The van der Waals surface area contributed by atoms with Crippen molar-refractivity contribution in [3.05, 3.63) is 28.4 Å². The summed E-state index contributed by atoms with van der Waals surface area (Å²) < 4.78 is 30.1. The van der Waals surface area contributed by atoms with E-state index in [4.69, 9.17) is 11.6 Å². The Bertz CT molecular complexity index is 915. The molecule has 1 amide bonds. The van der Waals surface area contributed by atoms with Crippen molar-refractivity contribution in [1.82, 2.24) is 24.6 Å². The molecule has 0 atom stereocenters. The lowest BCUT2D eigenvalue weighted by molar-refractivity contribution is 0.0767. The molecule has 1 aliphatic rings. The minimum atomic E-state index is -3.54. The van der Waals surface area contributed by atoms with Crippen LogP contribution in [0.5, 0.6) is 0 Å². The van der Waals surface area contributed by atoms with Gasteiger partial charge in [0.1, 0.15) is 4.21 Å². The molecule has 1 saturated carbocycles. The van der Waals surface area contributed by atoms with Crippen LogP contribution in [0.2, 0.25) is 4.34 Å². The van der Waals surface area contributed by atoms with Crippen LogP contribution in [0.25, 0.3) is 0 Å². The molecule has 2 aromatic rings. The zero-order chi connectivity index (χ0) is 20.3. The van der Waals surface area contributed by atoms with Crippen LogP contribution < -0.4 is 4.72 Å². The predicted octanol–water partition coefficient (Wildman–Crippen LogP) is 2.94. The van der Waals surface area contributed by atoms with Gasteiger partial charge in [-0.15, -0.1) is 16.4 Å². The average molecular weight is 446 g/mol. The molecule has 154 valence electrons. The van der Waals surface area contributed by atoms with Crippen molar-refractivity contribution in [1.29, 1.82) is 0 Å². The largest absolute Gasteiger partial charge is 0.338 e. The van der Waals surface area contributed by atoms with E-state index in [2.05, 4.69) is 15.0 Å². The van der Waals surface area contributed by atoms with Crippen molar-refractivity contribution in [2.75, 3.05) is 13.1 Å². The number of carbonyl (C=O) groups is 1. The van der Waals surface area contributed by atoms with Crippen molar-refractivity contribution in [2.24, 2.45) is 0 Å². The number of nitrogens with zero attached hydrogens (tertiary/aromatic N) is 4.